The molecule has 0 saturated heterocycles. The van der Waals surface area contributed by atoms with Crippen molar-refractivity contribution in [1.29, 1.82) is 0 Å². The number of nitrogens with zero attached hydrogens (tertiary/aromatic N) is 2. The van der Waals surface area contributed by atoms with Crippen LogP contribution >= 0.6 is 11.6 Å². The van der Waals surface area contributed by atoms with Gasteiger partial charge in [0.05, 0.1) is 24.6 Å². The van der Waals surface area contributed by atoms with Gasteiger partial charge in [0, 0.05) is 11.0 Å². The highest BCUT2D eigenvalue weighted by molar-refractivity contribution is 6.30. The Morgan fingerprint density at radius 1 is 1.24 bits per heavy atom. The van der Waals surface area contributed by atoms with Crippen molar-refractivity contribution in [2.75, 3.05) is 6.61 Å². The molecule has 0 saturated carbocycles. The third-order valence-corrected chi connectivity index (χ3v) is 3.57. The maximum atomic E-state index is 9.58. The number of aromatic nitrogens is 2. The monoisotopic (exact) mass is 308 g/mol. The van der Waals surface area contributed by atoms with Gasteiger partial charge in [0.15, 0.2) is 0 Å². The summed E-state index contributed by atoms with van der Waals surface area (Å²) in [4.78, 5) is 0. The van der Waals surface area contributed by atoms with Crippen LogP contribution in [-0.2, 0) is 12.0 Å². The summed E-state index contributed by atoms with van der Waals surface area (Å²) in [6.07, 6.45) is 0. The van der Waals surface area contributed by atoms with E-state index in [-0.39, 0.29) is 12.0 Å². The Hall–Kier alpha value is -1.52. The molecule has 2 rings (SSSR count). The van der Waals surface area contributed by atoms with Crippen molar-refractivity contribution >= 4 is 11.6 Å². The van der Waals surface area contributed by atoms with E-state index in [2.05, 4.69) is 5.10 Å². The second-order valence-electron chi connectivity index (χ2n) is 5.86. The molecule has 0 unspecified atom stereocenters. The summed E-state index contributed by atoms with van der Waals surface area (Å²) in [7, 11) is 0. The van der Waals surface area contributed by atoms with Gasteiger partial charge in [0.2, 0.25) is 0 Å². The van der Waals surface area contributed by atoms with E-state index >= 15 is 0 Å². The van der Waals surface area contributed by atoms with E-state index in [1.165, 1.54) is 0 Å². The van der Waals surface area contributed by atoms with Crippen LogP contribution in [0.2, 0.25) is 5.15 Å². The average Bonchev–Trinajstić information content (AvgIpc) is 2.77. The van der Waals surface area contributed by atoms with Crippen LogP contribution in [0.3, 0.4) is 0 Å². The van der Waals surface area contributed by atoms with Gasteiger partial charge >= 0.3 is 0 Å². The SMILES string of the molecule is CCOc1ccc(-n2nc(C(C)(C)C)c(CO)c2Cl)cc1. The van der Waals surface area contributed by atoms with E-state index in [1.54, 1.807) is 4.68 Å². The van der Waals surface area contributed by atoms with Gasteiger partial charge < -0.3 is 9.84 Å². The zero-order valence-corrected chi connectivity index (χ0v) is 13.6. The van der Waals surface area contributed by atoms with E-state index in [4.69, 9.17) is 16.3 Å². The lowest BCUT2D eigenvalue weighted by molar-refractivity contribution is 0.278. The van der Waals surface area contributed by atoms with E-state index in [0.717, 1.165) is 17.1 Å². The quantitative estimate of drug-likeness (QED) is 0.936. The molecule has 21 heavy (non-hydrogen) atoms. The van der Waals surface area contributed by atoms with Gasteiger partial charge in [-0.05, 0) is 31.2 Å². The van der Waals surface area contributed by atoms with Crippen molar-refractivity contribution in [2.45, 2.75) is 39.7 Å². The molecule has 0 atom stereocenters. The lowest BCUT2D eigenvalue weighted by atomic mass is 9.90. The summed E-state index contributed by atoms with van der Waals surface area (Å²) < 4.78 is 7.08. The predicted octanol–water partition coefficient (Wildman–Crippen LogP) is 3.71. The maximum absolute atomic E-state index is 9.58. The number of rotatable bonds is 4. The summed E-state index contributed by atoms with van der Waals surface area (Å²) in [5.41, 5.74) is 2.15. The second kappa shape index (κ2) is 6.08. The molecule has 1 aromatic carbocycles. The lowest BCUT2D eigenvalue weighted by Crippen LogP contribution is -2.14. The summed E-state index contributed by atoms with van der Waals surface area (Å²) in [5.74, 6) is 0.808. The number of halogens is 1. The molecule has 0 aliphatic heterocycles. The maximum Gasteiger partial charge on any atom is 0.138 e. The lowest BCUT2D eigenvalue weighted by Gasteiger charge is -2.16. The van der Waals surface area contributed by atoms with Crippen molar-refractivity contribution in [2.24, 2.45) is 0 Å². The molecule has 0 amide bonds. The Bertz CT molecular complexity index is 612. The molecule has 0 fully saturated rings. The van der Waals surface area contributed by atoms with E-state index in [9.17, 15) is 5.11 Å². The Labute approximate surface area is 130 Å². The third kappa shape index (κ3) is 3.22. The normalized spacial score (nSPS) is 11.7. The van der Waals surface area contributed by atoms with Gasteiger partial charge in [-0.25, -0.2) is 4.68 Å². The van der Waals surface area contributed by atoms with Crippen LogP contribution in [0.15, 0.2) is 24.3 Å². The molecule has 0 bridgehead atoms. The van der Waals surface area contributed by atoms with Gasteiger partial charge in [-0.15, -0.1) is 0 Å². The van der Waals surface area contributed by atoms with Crippen LogP contribution < -0.4 is 4.74 Å². The molecular formula is C16H21ClN2O2. The Morgan fingerprint density at radius 3 is 2.29 bits per heavy atom. The van der Waals surface area contributed by atoms with Crippen molar-refractivity contribution in [3.8, 4) is 11.4 Å². The van der Waals surface area contributed by atoms with Gasteiger partial charge in [-0.3, -0.25) is 0 Å². The minimum absolute atomic E-state index is 0.123. The summed E-state index contributed by atoms with van der Waals surface area (Å²) >= 11 is 6.38. The van der Waals surface area contributed by atoms with E-state index in [1.807, 2.05) is 52.0 Å². The summed E-state index contributed by atoms with van der Waals surface area (Å²) in [6.45, 7) is 8.60. The molecule has 0 spiro atoms. The first kappa shape index (κ1) is 15.9. The molecule has 1 heterocycles. The largest absolute Gasteiger partial charge is 0.494 e. The average molecular weight is 309 g/mol. The number of hydrogen-bond donors (Lipinski definition) is 1. The first-order valence-corrected chi connectivity index (χ1v) is 7.38. The molecule has 4 nitrogen and oxygen atoms in total. The number of aliphatic hydroxyl groups excluding tert-OH is 1. The number of ether oxygens (including phenoxy) is 1. The molecule has 1 aromatic heterocycles. The number of hydrogen-bond acceptors (Lipinski definition) is 3. The van der Waals surface area contributed by atoms with Crippen LogP contribution in [0.4, 0.5) is 0 Å². The Morgan fingerprint density at radius 2 is 1.86 bits per heavy atom. The van der Waals surface area contributed by atoms with Crippen LogP contribution in [0, 0.1) is 0 Å². The van der Waals surface area contributed by atoms with Crippen LogP contribution in [0.5, 0.6) is 5.75 Å². The fraction of sp³-hybridized carbons (Fsp3) is 0.438. The highest BCUT2D eigenvalue weighted by Gasteiger charge is 2.26. The van der Waals surface area contributed by atoms with Gasteiger partial charge in [-0.1, -0.05) is 32.4 Å². The third-order valence-electron chi connectivity index (χ3n) is 3.18. The molecule has 0 aliphatic carbocycles. The van der Waals surface area contributed by atoms with E-state index in [0.29, 0.717) is 17.3 Å². The molecule has 0 radical (unpaired) electrons. The number of benzene rings is 1. The highest BCUT2D eigenvalue weighted by Crippen LogP contribution is 2.32. The molecular weight excluding hydrogens is 288 g/mol. The standard InChI is InChI=1S/C16H21ClN2O2/c1-5-21-12-8-6-11(7-9-12)19-15(17)13(10-20)14(18-19)16(2,3)4/h6-9,20H,5,10H2,1-4H3. The van der Waals surface area contributed by atoms with Gasteiger partial charge in [0.25, 0.3) is 0 Å². The van der Waals surface area contributed by atoms with Crippen molar-refractivity contribution in [1.82, 2.24) is 9.78 Å². The second-order valence-corrected chi connectivity index (χ2v) is 6.22. The first-order valence-electron chi connectivity index (χ1n) is 7.00. The Balaban J connectivity index is 2.47. The molecule has 0 aliphatic rings. The molecule has 1 N–H and O–H groups in total. The van der Waals surface area contributed by atoms with Crippen LogP contribution in [-0.4, -0.2) is 21.5 Å². The smallest absolute Gasteiger partial charge is 0.138 e. The molecule has 5 heteroatoms. The fourth-order valence-corrected chi connectivity index (χ4v) is 2.48. The highest BCUT2D eigenvalue weighted by atomic mass is 35.5. The minimum Gasteiger partial charge on any atom is -0.494 e. The summed E-state index contributed by atoms with van der Waals surface area (Å²) in [6, 6.07) is 7.56. The topological polar surface area (TPSA) is 47.3 Å². The predicted molar refractivity (Wildman–Crippen MR) is 84.4 cm³/mol. The Kier molecular flexibility index (Phi) is 4.59. The van der Waals surface area contributed by atoms with Gasteiger partial charge in [-0.2, -0.15) is 5.10 Å². The number of aliphatic hydroxyl groups is 1. The van der Waals surface area contributed by atoms with Crippen LogP contribution in [0.1, 0.15) is 39.0 Å². The van der Waals surface area contributed by atoms with Crippen molar-refractivity contribution in [3.63, 3.8) is 0 Å². The summed E-state index contributed by atoms with van der Waals surface area (Å²) in [5, 5.41) is 14.6. The molecule has 114 valence electrons. The van der Waals surface area contributed by atoms with Crippen molar-refractivity contribution < 1.29 is 9.84 Å². The minimum atomic E-state index is -0.182. The first-order chi connectivity index (χ1) is 9.88. The van der Waals surface area contributed by atoms with Crippen LogP contribution in [0.25, 0.3) is 5.69 Å². The van der Waals surface area contributed by atoms with Gasteiger partial charge in [0.1, 0.15) is 10.9 Å². The molecule has 2 aromatic rings. The van der Waals surface area contributed by atoms with Crippen molar-refractivity contribution in [3.05, 3.63) is 40.7 Å². The zero-order chi connectivity index (χ0) is 15.6. The zero-order valence-electron chi connectivity index (χ0n) is 12.9. The van der Waals surface area contributed by atoms with E-state index < -0.39 is 0 Å². The fourth-order valence-electron chi connectivity index (χ4n) is 2.19.